The van der Waals surface area contributed by atoms with Crippen molar-refractivity contribution in [2.45, 2.75) is 31.2 Å². The number of nitrogens with zero attached hydrogens (tertiary/aromatic N) is 2. The Balaban J connectivity index is 1.50. The van der Waals surface area contributed by atoms with Gasteiger partial charge in [0.05, 0.1) is 0 Å². The summed E-state index contributed by atoms with van der Waals surface area (Å²) in [5.41, 5.74) is 2.50. The molecule has 2 heterocycles. The highest BCUT2D eigenvalue weighted by Crippen LogP contribution is 2.33. The van der Waals surface area contributed by atoms with Crippen molar-refractivity contribution in [1.82, 2.24) is 15.2 Å². The number of ether oxygens (including phenoxy) is 1. The molecule has 0 saturated carbocycles. The third-order valence-corrected chi connectivity index (χ3v) is 6.62. The molecule has 2 N–H and O–H groups in total. The van der Waals surface area contributed by atoms with Gasteiger partial charge in [0.25, 0.3) is 0 Å². The van der Waals surface area contributed by atoms with Crippen LogP contribution in [0.25, 0.3) is 10.8 Å². The Morgan fingerprint density at radius 3 is 2.18 bits per heavy atom. The molecule has 3 unspecified atom stereocenters. The maximum Gasteiger partial charge on any atom is 0.215 e. The van der Waals surface area contributed by atoms with Gasteiger partial charge in [-0.15, -0.1) is 0 Å². The highest BCUT2D eigenvalue weighted by Gasteiger charge is 2.38. The predicted octanol–water partition coefficient (Wildman–Crippen LogP) is 4.43. The highest BCUT2D eigenvalue weighted by molar-refractivity contribution is 5.82. The Morgan fingerprint density at radius 2 is 1.53 bits per heavy atom. The van der Waals surface area contributed by atoms with E-state index < -0.39 is 12.3 Å². The van der Waals surface area contributed by atoms with Crippen LogP contribution in [0.4, 0.5) is 0 Å². The number of hydrogen-bond donors (Lipinski definition) is 2. The fourth-order valence-corrected chi connectivity index (χ4v) is 5.02. The average Bonchev–Trinajstić information content (AvgIpc) is 2.89. The fourth-order valence-electron chi connectivity index (χ4n) is 5.02. The SMILES string of the molecule is CC(O)C(Oc1cc2ccccc2cn1)N1CCNCC1C(c1ccccc1)c1ccccc1. The maximum atomic E-state index is 10.9. The van der Waals surface area contributed by atoms with E-state index in [1.807, 2.05) is 30.5 Å². The number of hydrogen-bond acceptors (Lipinski definition) is 5. The molecule has 5 heteroatoms. The van der Waals surface area contributed by atoms with Crippen molar-refractivity contribution in [3.05, 3.63) is 108 Å². The third kappa shape index (κ3) is 4.82. The van der Waals surface area contributed by atoms with Crippen molar-refractivity contribution in [1.29, 1.82) is 0 Å². The van der Waals surface area contributed by atoms with Crippen LogP contribution in [0.15, 0.2) is 97.2 Å². The minimum Gasteiger partial charge on any atom is -0.455 e. The second kappa shape index (κ2) is 10.3. The summed E-state index contributed by atoms with van der Waals surface area (Å²) in [6, 6.07) is 31.4. The Kier molecular flexibility index (Phi) is 6.86. The van der Waals surface area contributed by atoms with Gasteiger partial charge in [0.1, 0.15) is 6.10 Å². The second-order valence-electron chi connectivity index (χ2n) is 8.93. The van der Waals surface area contributed by atoms with Crippen LogP contribution in [-0.2, 0) is 0 Å². The maximum absolute atomic E-state index is 10.9. The summed E-state index contributed by atoms with van der Waals surface area (Å²) >= 11 is 0. The van der Waals surface area contributed by atoms with Crippen LogP contribution in [0.1, 0.15) is 24.0 Å². The first-order valence-electron chi connectivity index (χ1n) is 12.0. The van der Waals surface area contributed by atoms with Crippen LogP contribution in [0.2, 0.25) is 0 Å². The predicted molar refractivity (Wildman–Crippen MR) is 136 cm³/mol. The van der Waals surface area contributed by atoms with Crippen LogP contribution in [0.3, 0.4) is 0 Å². The molecule has 0 spiro atoms. The molecule has 1 fully saturated rings. The molecule has 174 valence electrons. The van der Waals surface area contributed by atoms with Gasteiger partial charge in [-0.3, -0.25) is 4.90 Å². The van der Waals surface area contributed by atoms with Crippen LogP contribution in [0, 0.1) is 0 Å². The van der Waals surface area contributed by atoms with Crippen molar-refractivity contribution in [3.63, 3.8) is 0 Å². The first-order valence-corrected chi connectivity index (χ1v) is 12.0. The molecule has 4 aromatic rings. The topological polar surface area (TPSA) is 57.6 Å². The molecule has 5 nitrogen and oxygen atoms in total. The minimum atomic E-state index is -0.693. The van der Waals surface area contributed by atoms with E-state index in [4.69, 9.17) is 4.74 Å². The van der Waals surface area contributed by atoms with Gasteiger partial charge in [0.15, 0.2) is 6.23 Å². The zero-order chi connectivity index (χ0) is 23.3. The number of pyridine rings is 1. The molecule has 0 radical (unpaired) electrons. The van der Waals surface area contributed by atoms with Gasteiger partial charge in [-0.2, -0.15) is 0 Å². The molecular weight excluding hydrogens is 422 g/mol. The molecule has 3 aromatic carbocycles. The van der Waals surface area contributed by atoms with Crippen molar-refractivity contribution < 1.29 is 9.84 Å². The van der Waals surface area contributed by atoms with Crippen molar-refractivity contribution >= 4 is 10.8 Å². The first kappa shape index (κ1) is 22.5. The van der Waals surface area contributed by atoms with E-state index in [9.17, 15) is 5.11 Å². The number of benzene rings is 3. The average molecular weight is 454 g/mol. The number of fused-ring (bicyclic) bond motifs is 1. The number of aliphatic hydroxyl groups is 1. The van der Waals surface area contributed by atoms with Gasteiger partial charge >= 0.3 is 0 Å². The zero-order valence-corrected chi connectivity index (χ0v) is 19.4. The quantitative estimate of drug-likeness (QED) is 0.434. The van der Waals surface area contributed by atoms with E-state index in [1.54, 1.807) is 6.92 Å². The zero-order valence-electron chi connectivity index (χ0n) is 19.4. The number of nitrogens with one attached hydrogen (secondary N) is 1. The number of rotatable bonds is 7. The van der Waals surface area contributed by atoms with Crippen molar-refractivity contribution in [2.24, 2.45) is 0 Å². The van der Waals surface area contributed by atoms with E-state index in [0.717, 1.165) is 30.4 Å². The highest BCUT2D eigenvalue weighted by atomic mass is 16.5. The summed E-state index contributed by atoms with van der Waals surface area (Å²) in [6.45, 7) is 4.20. The smallest absolute Gasteiger partial charge is 0.215 e. The van der Waals surface area contributed by atoms with E-state index in [2.05, 4.69) is 81.9 Å². The summed E-state index contributed by atoms with van der Waals surface area (Å²) in [5.74, 6) is 0.655. The van der Waals surface area contributed by atoms with E-state index in [0.29, 0.717) is 5.88 Å². The van der Waals surface area contributed by atoms with Crippen LogP contribution in [-0.4, -0.2) is 53.0 Å². The number of aromatic nitrogens is 1. The lowest BCUT2D eigenvalue weighted by Gasteiger charge is -2.45. The molecule has 5 rings (SSSR count). The largest absolute Gasteiger partial charge is 0.455 e. The molecule has 34 heavy (non-hydrogen) atoms. The number of piperazine rings is 1. The molecule has 0 bridgehead atoms. The van der Waals surface area contributed by atoms with Crippen molar-refractivity contribution in [2.75, 3.05) is 19.6 Å². The molecule has 1 saturated heterocycles. The Bertz CT molecular complexity index is 1160. The molecule has 1 aliphatic heterocycles. The summed E-state index contributed by atoms with van der Waals surface area (Å²) in [5, 5.41) is 16.6. The summed E-state index contributed by atoms with van der Waals surface area (Å²) in [4.78, 5) is 6.84. The van der Waals surface area contributed by atoms with E-state index in [1.165, 1.54) is 11.1 Å². The second-order valence-corrected chi connectivity index (χ2v) is 8.93. The standard InChI is InChI=1S/C29H31N3O2/c1-21(33)29(34-27-18-24-14-8-9-15-25(24)19-31-27)32-17-16-30-20-26(32)28(22-10-4-2-5-11-22)23-12-6-3-7-13-23/h2-15,18-19,21,26,28-30,33H,16-17,20H2,1H3. The van der Waals surface area contributed by atoms with E-state index >= 15 is 0 Å². The lowest BCUT2D eigenvalue weighted by atomic mass is 9.83. The summed E-state index contributed by atoms with van der Waals surface area (Å²) in [6.07, 6.45) is 0.618. The lowest BCUT2D eigenvalue weighted by Crippen LogP contribution is -2.61. The monoisotopic (exact) mass is 453 g/mol. The van der Waals surface area contributed by atoms with Crippen LogP contribution in [0.5, 0.6) is 5.88 Å². The molecule has 0 amide bonds. The van der Waals surface area contributed by atoms with Crippen LogP contribution < -0.4 is 10.1 Å². The van der Waals surface area contributed by atoms with Gasteiger partial charge in [-0.05, 0) is 23.4 Å². The Morgan fingerprint density at radius 1 is 0.912 bits per heavy atom. The van der Waals surface area contributed by atoms with Crippen molar-refractivity contribution in [3.8, 4) is 5.88 Å². The van der Waals surface area contributed by atoms with E-state index in [-0.39, 0.29) is 12.0 Å². The number of aliphatic hydroxyl groups excluding tert-OH is 1. The molecular formula is C29H31N3O2. The molecule has 1 aliphatic rings. The molecule has 3 atom stereocenters. The first-order chi connectivity index (χ1) is 16.7. The Labute approximate surface area is 201 Å². The van der Waals surface area contributed by atoms with Gasteiger partial charge in [0.2, 0.25) is 5.88 Å². The van der Waals surface area contributed by atoms with Gasteiger partial charge in [-0.1, -0.05) is 84.9 Å². The van der Waals surface area contributed by atoms with Crippen LogP contribution >= 0.6 is 0 Å². The normalized spacial score (nSPS) is 18.6. The Hall–Kier alpha value is -3.25. The molecule has 1 aromatic heterocycles. The van der Waals surface area contributed by atoms with Gasteiger partial charge in [-0.25, -0.2) is 4.98 Å². The fraction of sp³-hybridized carbons (Fsp3) is 0.276. The van der Waals surface area contributed by atoms with Gasteiger partial charge in [0, 0.05) is 49.2 Å². The molecule has 0 aliphatic carbocycles. The minimum absolute atomic E-state index is 0.0959. The van der Waals surface area contributed by atoms with Gasteiger partial charge < -0.3 is 15.2 Å². The lowest BCUT2D eigenvalue weighted by molar-refractivity contribution is -0.0881. The third-order valence-electron chi connectivity index (χ3n) is 6.62. The summed E-state index contributed by atoms with van der Waals surface area (Å²) in [7, 11) is 0. The summed E-state index contributed by atoms with van der Waals surface area (Å²) < 4.78 is 6.41.